The molecule has 0 aliphatic carbocycles. The Morgan fingerprint density at radius 2 is 0.627 bits per heavy atom. The van der Waals surface area contributed by atoms with Crippen LogP contribution in [0.5, 0.6) is 0 Å². The van der Waals surface area contributed by atoms with Crippen molar-refractivity contribution in [3.63, 3.8) is 0 Å². The number of hydrogen-bond donors (Lipinski definition) is 0. The fourth-order valence-corrected chi connectivity index (χ4v) is 19.6. The number of benzene rings is 16. The first-order valence-corrected chi connectivity index (χ1v) is 38.4. The van der Waals surface area contributed by atoms with Crippen LogP contribution in [0, 0.1) is 6.57 Å². The predicted molar refractivity (Wildman–Crippen MR) is 459 cm³/mol. The van der Waals surface area contributed by atoms with Crippen LogP contribution in [0.25, 0.3) is 234 Å². The van der Waals surface area contributed by atoms with Crippen molar-refractivity contribution in [2.24, 2.45) is 0 Å². The lowest BCUT2D eigenvalue weighted by Crippen LogP contribution is -2.09. The summed E-state index contributed by atoms with van der Waals surface area (Å²) in [5, 5.41) is 12.2. The quantitative estimate of drug-likeness (QED) is 0.128. The number of furan rings is 2. The molecule has 0 radical (unpaired) electrons. The highest BCUT2D eigenvalue weighted by Crippen LogP contribution is 2.54. The lowest BCUT2D eigenvalue weighted by atomic mass is 9.93. The molecular weight excluding hydrogens is 1380 g/mol. The summed E-state index contributed by atoms with van der Waals surface area (Å²) in [6.45, 7) is 10.1. The van der Waals surface area contributed by atoms with Crippen LogP contribution in [0.3, 0.4) is 0 Å². The smallest absolute Gasteiger partial charge is 0.213 e. The predicted octanol–water partition coefficient (Wildman–Crippen LogP) is 28.5. The largest absolute Gasteiger partial charge is 0.455 e. The van der Waals surface area contributed by atoms with Gasteiger partial charge in [0, 0.05) is 94.9 Å². The summed E-state index contributed by atoms with van der Waals surface area (Å²) >= 11 is 3.53. The van der Waals surface area contributed by atoms with Crippen molar-refractivity contribution in [2.75, 3.05) is 0 Å². The summed E-state index contributed by atoms with van der Waals surface area (Å²) in [6, 6.07) is 121. The van der Waals surface area contributed by atoms with E-state index in [-0.39, 0.29) is 0 Å². The van der Waals surface area contributed by atoms with Crippen LogP contribution in [0.4, 0.5) is 5.69 Å². The molecular formula is C100H56N6O2S2. The van der Waals surface area contributed by atoms with Crippen LogP contribution in [0.1, 0.15) is 0 Å². The molecule has 0 amide bonds. The minimum Gasteiger partial charge on any atom is -0.455 e. The highest BCUT2D eigenvalue weighted by molar-refractivity contribution is 7.26. The summed E-state index contributed by atoms with van der Waals surface area (Å²) in [6.07, 6.45) is 0. The topological polar surface area (TPSA) is 79.2 Å². The third-order valence-corrected chi connectivity index (χ3v) is 24.5. The zero-order valence-corrected chi connectivity index (χ0v) is 60.3. The second kappa shape index (κ2) is 24.4. The molecule has 0 unspecified atom stereocenters. The molecule has 8 nitrogen and oxygen atoms in total. The molecule has 0 bridgehead atoms. The Morgan fingerprint density at radius 1 is 0.264 bits per heavy atom. The fourth-order valence-electron chi connectivity index (χ4n) is 17.3. The Morgan fingerprint density at radius 3 is 1.06 bits per heavy atom. The molecule has 0 N–H and O–H groups in total. The van der Waals surface area contributed by atoms with Gasteiger partial charge in [-0.05, 0) is 153 Å². The number of fused-ring (bicyclic) bond motifs is 20. The highest BCUT2D eigenvalue weighted by Gasteiger charge is 2.33. The molecule has 0 saturated heterocycles. The molecule has 23 aromatic rings. The molecule has 0 spiro atoms. The molecule has 0 atom stereocenters. The van der Waals surface area contributed by atoms with Gasteiger partial charge in [0.15, 0.2) is 17.5 Å². The number of nitrogens with zero attached hydrogens (tertiary/aromatic N) is 6. The summed E-state index contributed by atoms with van der Waals surface area (Å²) < 4.78 is 24.1. The first kappa shape index (κ1) is 61.9. The van der Waals surface area contributed by atoms with Gasteiger partial charge in [-0.2, -0.15) is 0 Å². The van der Waals surface area contributed by atoms with Crippen molar-refractivity contribution in [2.45, 2.75) is 0 Å². The summed E-state index contributed by atoms with van der Waals surface area (Å²) in [4.78, 5) is 22.3. The van der Waals surface area contributed by atoms with Gasteiger partial charge < -0.3 is 18.0 Å². The van der Waals surface area contributed by atoms with Gasteiger partial charge in [0.1, 0.15) is 22.3 Å². The molecule has 510 valence electrons. The highest BCUT2D eigenvalue weighted by atomic mass is 32.1. The lowest BCUT2D eigenvalue weighted by molar-refractivity contribution is 0.672. The Hall–Kier alpha value is -14.3. The van der Waals surface area contributed by atoms with Crippen LogP contribution >= 0.6 is 22.7 Å². The average molecular weight is 1440 g/mol. The molecule has 0 aliphatic heterocycles. The Kier molecular flexibility index (Phi) is 13.7. The maximum Gasteiger partial charge on any atom is 0.213 e. The molecule has 0 fully saturated rings. The van der Waals surface area contributed by atoms with E-state index in [0.717, 1.165) is 191 Å². The van der Waals surface area contributed by atoms with E-state index < -0.39 is 0 Å². The van der Waals surface area contributed by atoms with Gasteiger partial charge >= 0.3 is 0 Å². The molecule has 110 heavy (non-hydrogen) atoms. The van der Waals surface area contributed by atoms with Crippen molar-refractivity contribution in [3.8, 4) is 101 Å². The zero-order chi connectivity index (χ0) is 72.2. The normalized spacial score (nSPS) is 12.0. The van der Waals surface area contributed by atoms with Gasteiger partial charge in [-0.3, -0.25) is 0 Å². The van der Waals surface area contributed by atoms with Crippen molar-refractivity contribution in [1.29, 1.82) is 0 Å². The van der Waals surface area contributed by atoms with Crippen molar-refractivity contribution in [3.05, 3.63) is 351 Å². The summed E-state index contributed by atoms with van der Waals surface area (Å²) in [5.74, 6) is 1.43. The maximum absolute atomic E-state index is 10.1. The first-order valence-electron chi connectivity index (χ1n) is 36.8. The minimum absolute atomic E-state index is 0.368. The van der Waals surface area contributed by atoms with Crippen LogP contribution in [0.2, 0.25) is 0 Å². The number of aromatic nitrogens is 5. The SMILES string of the molecule is [C-]#[N+]c1cc(-c2nc(-c3cccc4sc5ccccc5c34)nc(-c3cccc4sc5ccccc5c34)n2)c(-c2ccccc2)c(-n2c3ccc(-c4ccccc4)cc3c3c4oc5ccc(-c6ccccc6)cc5c4ccc32)c1-n1c2ccc(-c3ccccc3)cc2c2c3oc4ccc(-c5ccccc5)cc4c3ccc21. The fraction of sp³-hybridized carbons (Fsp3) is 0. The van der Waals surface area contributed by atoms with Crippen molar-refractivity contribution in [1.82, 2.24) is 24.1 Å². The summed E-state index contributed by atoms with van der Waals surface area (Å²) in [5.41, 5.74) is 21.1. The summed E-state index contributed by atoms with van der Waals surface area (Å²) in [7, 11) is 0. The average Bonchev–Trinajstić information content (AvgIpc) is 1.52. The van der Waals surface area contributed by atoms with E-state index in [1.54, 1.807) is 22.7 Å². The molecule has 7 heterocycles. The van der Waals surface area contributed by atoms with E-state index in [1.165, 1.54) is 9.40 Å². The number of hydrogen-bond acceptors (Lipinski definition) is 7. The van der Waals surface area contributed by atoms with E-state index in [2.05, 4.69) is 349 Å². The van der Waals surface area contributed by atoms with Crippen LogP contribution in [-0.2, 0) is 0 Å². The Labute approximate surface area is 637 Å². The maximum atomic E-state index is 10.1. The van der Waals surface area contributed by atoms with Crippen LogP contribution in [-0.4, -0.2) is 24.1 Å². The van der Waals surface area contributed by atoms with Gasteiger partial charge in [-0.15, -0.1) is 22.7 Å². The van der Waals surface area contributed by atoms with Gasteiger partial charge in [-0.1, -0.05) is 237 Å². The standard InChI is InChI=1S/C100H56N6O2S2/c1-101-78-57-77(100-103-98(71-35-21-39-87-90(71)69-33-17-19-37-85(69)109-87)102-99(104-100)72-36-22-40-88-91(72)70-34-18-20-38-86(70)110-88)89(62-31-15-6-16-32-62)95(106-80-48-42-64(59-25-9-3-10-26-59)56-76(80)93-82(106)50-46-68-74-54-66(61-29-13-5-14-30-61)44-52-84(74)108-97(68)93)94(78)105-79-47-41-63(58-23-7-2-8-24-58)55-75(79)92-81(105)49-45-67-73-53-65(60-27-11-4-12-28-60)43-51-83(73)107-96(67)92/h2-57H. The Bertz CT molecular complexity index is 7710. The van der Waals surface area contributed by atoms with E-state index >= 15 is 0 Å². The van der Waals surface area contributed by atoms with Gasteiger partial charge in [0.05, 0.1) is 50.8 Å². The molecule has 7 aromatic heterocycles. The second-order valence-corrected chi connectivity index (χ2v) is 30.4. The van der Waals surface area contributed by atoms with Crippen LogP contribution in [0.15, 0.2) is 349 Å². The molecule has 10 heteroatoms. The van der Waals surface area contributed by atoms with Crippen molar-refractivity contribution < 1.29 is 8.83 Å². The Balaban J connectivity index is 0.902. The first-order chi connectivity index (χ1) is 54.5. The third kappa shape index (κ3) is 9.45. The van der Waals surface area contributed by atoms with E-state index in [0.29, 0.717) is 34.4 Å². The van der Waals surface area contributed by atoms with Gasteiger partial charge in [0.2, 0.25) is 5.69 Å². The van der Waals surface area contributed by atoms with Gasteiger partial charge in [0.25, 0.3) is 0 Å². The third-order valence-electron chi connectivity index (χ3n) is 22.2. The van der Waals surface area contributed by atoms with E-state index in [1.807, 2.05) is 0 Å². The molecule has 0 aliphatic rings. The van der Waals surface area contributed by atoms with E-state index in [4.69, 9.17) is 28.6 Å². The van der Waals surface area contributed by atoms with Crippen LogP contribution < -0.4 is 0 Å². The number of rotatable bonds is 10. The molecule has 23 rings (SSSR count). The van der Waals surface area contributed by atoms with Gasteiger partial charge in [-0.25, -0.2) is 19.8 Å². The van der Waals surface area contributed by atoms with E-state index in [9.17, 15) is 6.57 Å². The second-order valence-electron chi connectivity index (χ2n) is 28.3. The molecule has 16 aromatic carbocycles. The zero-order valence-electron chi connectivity index (χ0n) is 58.6. The monoisotopic (exact) mass is 1440 g/mol. The minimum atomic E-state index is 0.368. The molecule has 0 saturated carbocycles. The lowest BCUT2D eigenvalue weighted by Gasteiger charge is -2.25. The van der Waals surface area contributed by atoms with Crippen molar-refractivity contribution >= 4 is 156 Å². The number of thiophene rings is 2.